The number of benzene rings is 5. The van der Waals surface area contributed by atoms with Crippen LogP contribution in [0.5, 0.6) is 5.75 Å². The Hall–Kier alpha value is -6.28. The fourth-order valence-electron chi connectivity index (χ4n) is 7.70. The van der Waals surface area contributed by atoms with Crippen LogP contribution in [0.3, 0.4) is 0 Å². The summed E-state index contributed by atoms with van der Waals surface area (Å²) in [7, 11) is 1.48. The maximum atomic E-state index is 16.5. The molecule has 2 unspecified atom stereocenters. The third-order valence-electron chi connectivity index (χ3n) is 10.1. The summed E-state index contributed by atoms with van der Waals surface area (Å²) in [4.78, 5) is 12.0. The minimum atomic E-state index is -1.70. The zero-order valence-corrected chi connectivity index (χ0v) is 28.6. The van der Waals surface area contributed by atoms with Gasteiger partial charge >= 0.3 is 0 Å². The molecule has 2 atom stereocenters. The van der Waals surface area contributed by atoms with Crippen LogP contribution in [0.2, 0.25) is 0 Å². The summed E-state index contributed by atoms with van der Waals surface area (Å²) >= 11 is 0. The second-order valence-electron chi connectivity index (χ2n) is 13.1. The number of hydrogen-bond acceptors (Lipinski definition) is 4. The van der Waals surface area contributed by atoms with Gasteiger partial charge in [0.15, 0.2) is 0 Å². The molecule has 1 aromatic heterocycles. The van der Waals surface area contributed by atoms with Gasteiger partial charge in [-0.3, -0.25) is 10.1 Å². The normalized spacial score (nSPS) is 17.3. The monoisotopic (exact) mass is 691 g/mol. The summed E-state index contributed by atoms with van der Waals surface area (Å²) in [6.07, 6.45) is 6.26. The van der Waals surface area contributed by atoms with Crippen molar-refractivity contribution >= 4 is 44.3 Å². The number of nitrogens with one attached hydrogen (secondary N) is 1. The number of rotatable bonds is 8. The number of nitro groups is 1. The van der Waals surface area contributed by atoms with Gasteiger partial charge in [0.05, 0.1) is 34.5 Å². The molecule has 258 valence electrons. The van der Waals surface area contributed by atoms with Crippen molar-refractivity contribution in [2.75, 3.05) is 12.4 Å². The standard InChI is InChI=1S/C44H35F2N3O3/c1-27-11-3-4-12-30(27)31-13-5-8-16-38(31)47-28-19-23-41(49(50)51)34(25-28)43-36(45)21-22-37(46)44(43)35-26-29(20-24-42(35)52-2)48-39-17-9-6-14-32(39)33-15-7-10-18-40(33)48/h3-7,9-15,17-26,37,44,47H,8,16H2,1-2H3. The molecule has 2 aliphatic carbocycles. The van der Waals surface area contributed by atoms with Crippen LogP contribution in [-0.2, 0) is 0 Å². The van der Waals surface area contributed by atoms with Gasteiger partial charge < -0.3 is 14.6 Å². The predicted molar refractivity (Wildman–Crippen MR) is 205 cm³/mol. The lowest BCUT2D eigenvalue weighted by Gasteiger charge is -2.28. The van der Waals surface area contributed by atoms with Crippen LogP contribution in [0, 0.1) is 17.0 Å². The third-order valence-corrected chi connectivity index (χ3v) is 10.1. The average Bonchev–Trinajstić information content (AvgIpc) is 3.50. The minimum absolute atomic E-state index is 0.00165. The highest BCUT2D eigenvalue weighted by atomic mass is 19.1. The molecule has 1 heterocycles. The van der Waals surface area contributed by atoms with Crippen LogP contribution in [0.25, 0.3) is 38.6 Å². The Morgan fingerprint density at radius 1 is 0.865 bits per heavy atom. The van der Waals surface area contributed by atoms with Crippen LogP contribution < -0.4 is 10.1 Å². The lowest BCUT2D eigenvalue weighted by atomic mass is 9.79. The van der Waals surface area contributed by atoms with E-state index in [1.54, 1.807) is 18.2 Å². The first kappa shape index (κ1) is 32.9. The summed E-state index contributed by atoms with van der Waals surface area (Å²) in [6, 6.07) is 34.1. The van der Waals surface area contributed by atoms with E-state index in [9.17, 15) is 10.1 Å². The molecule has 5 aromatic carbocycles. The molecule has 0 saturated carbocycles. The number of hydrogen-bond donors (Lipinski definition) is 1. The van der Waals surface area contributed by atoms with Crippen molar-refractivity contribution in [3.8, 4) is 11.4 Å². The van der Waals surface area contributed by atoms with E-state index in [4.69, 9.17) is 4.74 Å². The fourth-order valence-corrected chi connectivity index (χ4v) is 7.70. The second-order valence-corrected chi connectivity index (χ2v) is 13.1. The maximum Gasteiger partial charge on any atom is 0.277 e. The van der Waals surface area contributed by atoms with Gasteiger partial charge in [0.2, 0.25) is 0 Å². The molecule has 6 nitrogen and oxygen atoms in total. The van der Waals surface area contributed by atoms with Gasteiger partial charge in [-0.15, -0.1) is 0 Å². The van der Waals surface area contributed by atoms with E-state index in [1.807, 2.05) is 60.7 Å². The number of methoxy groups -OCH3 is 1. The number of anilines is 1. The highest BCUT2D eigenvalue weighted by Crippen LogP contribution is 2.49. The molecule has 2 aliphatic rings. The number of para-hydroxylation sites is 2. The molecular formula is C44H35F2N3O3. The molecule has 0 saturated heterocycles. The number of aryl methyl sites for hydroxylation is 1. The highest BCUT2D eigenvalue weighted by Gasteiger charge is 2.37. The Morgan fingerprint density at radius 2 is 1.58 bits per heavy atom. The average molecular weight is 692 g/mol. The number of nitro benzene ring substituents is 1. The van der Waals surface area contributed by atoms with E-state index >= 15 is 8.78 Å². The SMILES string of the molecule is COc1ccc(-n2c3ccccc3c3ccccc32)cc1C1C(c2cc(NC3=C(c4ccccc4C)C=CCC3)ccc2[N+](=O)[O-])=C(F)C=CC1F. The number of alkyl halides is 1. The van der Waals surface area contributed by atoms with Gasteiger partial charge in [-0.1, -0.05) is 72.8 Å². The molecule has 0 amide bonds. The second kappa shape index (κ2) is 13.5. The van der Waals surface area contributed by atoms with Crippen LogP contribution >= 0.6 is 0 Å². The number of halogens is 2. The quantitative estimate of drug-likeness (QED) is 0.127. The van der Waals surface area contributed by atoms with E-state index in [1.165, 1.54) is 13.2 Å². The lowest BCUT2D eigenvalue weighted by Crippen LogP contribution is -2.19. The van der Waals surface area contributed by atoms with Gasteiger partial charge in [-0.2, -0.15) is 0 Å². The zero-order valence-electron chi connectivity index (χ0n) is 28.6. The molecule has 8 rings (SSSR count). The Labute approximate surface area is 299 Å². The molecule has 1 N–H and O–H groups in total. The first-order valence-corrected chi connectivity index (χ1v) is 17.2. The Bertz CT molecular complexity index is 2470. The largest absolute Gasteiger partial charge is 0.496 e. The number of fused-ring (bicyclic) bond motifs is 3. The van der Waals surface area contributed by atoms with Gasteiger partial charge in [0.25, 0.3) is 5.69 Å². The zero-order chi connectivity index (χ0) is 35.9. The molecule has 52 heavy (non-hydrogen) atoms. The topological polar surface area (TPSA) is 69.3 Å². The van der Waals surface area contributed by atoms with Crippen molar-refractivity contribution in [2.45, 2.75) is 31.9 Å². The number of nitrogens with zero attached hydrogens (tertiary/aromatic N) is 2. The first-order chi connectivity index (χ1) is 25.3. The summed E-state index contributed by atoms with van der Waals surface area (Å²) in [5, 5.41) is 18.1. The van der Waals surface area contributed by atoms with E-state index in [2.05, 4.69) is 53.2 Å². The van der Waals surface area contributed by atoms with Gasteiger partial charge in [-0.05, 0) is 85.5 Å². The highest BCUT2D eigenvalue weighted by molar-refractivity contribution is 6.09. The molecule has 0 aliphatic heterocycles. The van der Waals surface area contributed by atoms with Crippen molar-refractivity contribution in [1.82, 2.24) is 4.57 Å². The van der Waals surface area contributed by atoms with Gasteiger partial charge in [-0.25, -0.2) is 8.78 Å². The summed E-state index contributed by atoms with van der Waals surface area (Å²) in [5.74, 6) is -1.65. The number of aromatic nitrogens is 1. The molecule has 0 bridgehead atoms. The Balaban J connectivity index is 1.28. The smallest absolute Gasteiger partial charge is 0.277 e. The van der Waals surface area contributed by atoms with Crippen LogP contribution in [0.15, 0.2) is 145 Å². The molecule has 0 fully saturated rings. The van der Waals surface area contributed by atoms with Crippen molar-refractivity contribution in [3.05, 3.63) is 177 Å². The molecule has 0 spiro atoms. The van der Waals surface area contributed by atoms with E-state index in [-0.39, 0.29) is 16.8 Å². The van der Waals surface area contributed by atoms with Crippen LogP contribution in [0.4, 0.5) is 20.2 Å². The van der Waals surface area contributed by atoms with Crippen molar-refractivity contribution in [2.24, 2.45) is 0 Å². The van der Waals surface area contributed by atoms with Crippen LogP contribution in [0.1, 0.15) is 41.0 Å². The minimum Gasteiger partial charge on any atom is -0.496 e. The fraction of sp³-hybridized carbons (Fsp3) is 0.136. The van der Waals surface area contributed by atoms with E-state index in [0.717, 1.165) is 68.5 Å². The van der Waals surface area contributed by atoms with Crippen molar-refractivity contribution < 1.29 is 18.4 Å². The molecule has 8 heteroatoms. The summed E-state index contributed by atoms with van der Waals surface area (Å²) < 4.78 is 40.7. The van der Waals surface area contributed by atoms with E-state index < -0.39 is 22.8 Å². The Morgan fingerprint density at radius 3 is 2.29 bits per heavy atom. The lowest BCUT2D eigenvalue weighted by molar-refractivity contribution is -0.385. The molecular weight excluding hydrogens is 656 g/mol. The van der Waals surface area contributed by atoms with Gasteiger partial charge in [0, 0.05) is 50.6 Å². The number of allylic oxidation sites excluding steroid dienone is 8. The molecule has 6 aromatic rings. The maximum absolute atomic E-state index is 16.5. The van der Waals surface area contributed by atoms with Gasteiger partial charge in [0.1, 0.15) is 17.7 Å². The van der Waals surface area contributed by atoms with E-state index in [0.29, 0.717) is 23.4 Å². The Kier molecular flexibility index (Phi) is 8.51. The van der Waals surface area contributed by atoms with Crippen LogP contribution in [-0.4, -0.2) is 22.8 Å². The third kappa shape index (κ3) is 5.66. The van der Waals surface area contributed by atoms with Crippen molar-refractivity contribution in [1.29, 1.82) is 0 Å². The number of ether oxygens (including phenoxy) is 1. The summed E-state index contributed by atoms with van der Waals surface area (Å²) in [5.41, 5.74) is 7.24. The predicted octanol–water partition coefficient (Wildman–Crippen LogP) is 11.6. The first-order valence-electron chi connectivity index (χ1n) is 17.2. The molecule has 0 radical (unpaired) electrons. The summed E-state index contributed by atoms with van der Waals surface area (Å²) in [6.45, 7) is 2.05. The van der Waals surface area contributed by atoms with Crippen molar-refractivity contribution in [3.63, 3.8) is 0 Å².